The number of benzene rings is 3. The number of imidazole rings is 1. The van der Waals surface area contributed by atoms with Crippen LogP contribution in [0.2, 0.25) is 0 Å². The van der Waals surface area contributed by atoms with Crippen LogP contribution >= 0.6 is 0 Å². The summed E-state index contributed by atoms with van der Waals surface area (Å²) in [5, 5.41) is 3.10. The van der Waals surface area contributed by atoms with E-state index in [4.69, 9.17) is 9.72 Å². The van der Waals surface area contributed by atoms with Gasteiger partial charge < -0.3 is 14.6 Å². The Labute approximate surface area is 182 Å². The van der Waals surface area contributed by atoms with Crippen LogP contribution in [0.1, 0.15) is 41.1 Å². The minimum absolute atomic E-state index is 0.127. The molecule has 31 heavy (non-hydrogen) atoms. The van der Waals surface area contributed by atoms with Crippen molar-refractivity contribution in [1.29, 1.82) is 0 Å². The highest BCUT2D eigenvalue weighted by atomic mass is 16.5. The summed E-state index contributed by atoms with van der Waals surface area (Å²) in [5.74, 6) is 1.47. The number of methoxy groups -OCH3 is 1. The maximum atomic E-state index is 12.8. The van der Waals surface area contributed by atoms with Crippen molar-refractivity contribution in [3.63, 3.8) is 0 Å². The Morgan fingerprint density at radius 2 is 1.71 bits per heavy atom. The monoisotopic (exact) mass is 413 g/mol. The van der Waals surface area contributed by atoms with Crippen LogP contribution in [0, 0.1) is 0 Å². The molecule has 0 saturated heterocycles. The summed E-state index contributed by atoms with van der Waals surface area (Å²) in [4.78, 5) is 17.6. The van der Waals surface area contributed by atoms with Crippen molar-refractivity contribution in [3.8, 4) is 5.75 Å². The zero-order valence-corrected chi connectivity index (χ0v) is 17.9. The third kappa shape index (κ3) is 4.77. The fourth-order valence-corrected chi connectivity index (χ4v) is 3.83. The molecule has 158 valence electrons. The van der Waals surface area contributed by atoms with Crippen LogP contribution in [0.15, 0.2) is 78.9 Å². The number of hydrogen-bond acceptors (Lipinski definition) is 3. The van der Waals surface area contributed by atoms with E-state index >= 15 is 0 Å². The summed E-state index contributed by atoms with van der Waals surface area (Å²) in [7, 11) is 1.61. The normalized spacial score (nSPS) is 11.9. The van der Waals surface area contributed by atoms with Crippen LogP contribution in [0.4, 0.5) is 0 Å². The predicted molar refractivity (Wildman–Crippen MR) is 123 cm³/mol. The van der Waals surface area contributed by atoms with Crippen LogP contribution in [0.5, 0.6) is 5.75 Å². The lowest BCUT2D eigenvalue weighted by atomic mass is 10.1. The van der Waals surface area contributed by atoms with Gasteiger partial charge in [0.05, 0.1) is 24.2 Å². The van der Waals surface area contributed by atoms with Crippen molar-refractivity contribution in [2.45, 2.75) is 32.4 Å². The minimum Gasteiger partial charge on any atom is -0.497 e. The van der Waals surface area contributed by atoms with Gasteiger partial charge in [-0.15, -0.1) is 0 Å². The summed E-state index contributed by atoms with van der Waals surface area (Å²) >= 11 is 0. The van der Waals surface area contributed by atoms with E-state index in [1.54, 1.807) is 31.4 Å². The fourth-order valence-electron chi connectivity index (χ4n) is 3.83. The largest absolute Gasteiger partial charge is 0.497 e. The molecule has 0 aliphatic carbocycles. The van der Waals surface area contributed by atoms with Crippen molar-refractivity contribution < 1.29 is 9.53 Å². The number of carbonyl (C=O) groups excluding carboxylic acids is 1. The number of nitrogens with zero attached hydrogens (tertiary/aromatic N) is 2. The van der Waals surface area contributed by atoms with Gasteiger partial charge in [-0.05, 0) is 61.7 Å². The van der Waals surface area contributed by atoms with Crippen molar-refractivity contribution in [1.82, 2.24) is 14.9 Å². The molecule has 1 heterocycles. The average Bonchev–Trinajstić information content (AvgIpc) is 3.18. The molecule has 0 aliphatic heterocycles. The number of carbonyl (C=O) groups is 1. The second-order valence-corrected chi connectivity index (χ2v) is 7.62. The first-order chi connectivity index (χ1) is 15.2. The Morgan fingerprint density at radius 1 is 1.00 bits per heavy atom. The fraction of sp³-hybridized carbons (Fsp3) is 0.231. The standard InChI is InChI=1S/C26H27N3O2/c1-19(27-26(30)21-14-16-22(31-2)17-15-21)25-28-23-12-6-7-13-24(23)29(25)18-8-11-20-9-4-3-5-10-20/h3-7,9-10,12-17,19H,8,11,18H2,1-2H3,(H,27,30). The predicted octanol–water partition coefficient (Wildman–Crippen LogP) is 5.17. The van der Waals surface area contributed by atoms with E-state index in [-0.39, 0.29) is 11.9 Å². The summed E-state index contributed by atoms with van der Waals surface area (Å²) in [5.41, 5.74) is 3.97. The molecule has 4 rings (SSSR count). The lowest BCUT2D eigenvalue weighted by molar-refractivity contribution is 0.0937. The molecule has 4 aromatic rings. The van der Waals surface area contributed by atoms with E-state index in [1.807, 2.05) is 31.2 Å². The Bertz CT molecular complexity index is 1150. The van der Waals surface area contributed by atoms with Crippen LogP contribution in [-0.4, -0.2) is 22.6 Å². The number of aromatic nitrogens is 2. The smallest absolute Gasteiger partial charge is 0.251 e. The molecule has 0 saturated carbocycles. The van der Waals surface area contributed by atoms with Crippen molar-refractivity contribution in [2.75, 3.05) is 7.11 Å². The average molecular weight is 414 g/mol. The number of aryl methyl sites for hydroxylation is 2. The number of hydrogen-bond donors (Lipinski definition) is 1. The molecule has 1 aromatic heterocycles. The molecule has 1 unspecified atom stereocenters. The molecule has 3 aromatic carbocycles. The highest BCUT2D eigenvalue weighted by Gasteiger charge is 2.19. The molecular formula is C26H27N3O2. The summed E-state index contributed by atoms with van der Waals surface area (Å²) in [6.07, 6.45) is 2.00. The molecule has 5 nitrogen and oxygen atoms in total. The van der Waals surface area contributed by atoms with Crippen LogP contribution in [-0.2, 0) is 13.0 Å². The number of rotatable bonds is 8. The highest BCUT2D eigenvalue weighted by molar-refractivity contribution is 5.94. The Balaban J connectivity index is 1.52. The van der Waals surface area contributed by atoms with Crippen molar-refractivity contribution >= 4 is 16.9 Å². The second kappa shape index (κ2) is 9.47. The number of ether oxygens (including phenoxy) is 1. The topological polar surface area (TPSA) is 56.1 Å². The zero-order chi connectivity index (χ0) is 21.6. The van der Waals surface area contributed by atoms with Gasteiger partial charge >= 0.3 is 0 Å². The van der Waals surface area contributed by atoms with Gasteiger partial charge in [0, 0.05) is 12.1 Å². The molecule has 0 aliphatic rings. The van der Waals surface area contributed by atoms with Crippen LogP contribution in [0.3, 0.4) is 0 Å². The number of nitrogens with one attached hydrogen (secondary N) is 1. The molecule has 0 bridgehead atoms. The van der Waals surface area contributed by atoms with E-state index in [9.17, 15) is 4.79 Å². The third-order valence-electron chi connectivity index (χ3n) is 5.46. The maximum Gasteiger partial charge on any atom is 0.251 e. The molecule has 5 heteroatoms. The minimum atomic E-state index is -0.223. The first-order valence-corrected chi connectivity index (χ1v) is 10.6. The molecule has 1 amide bonds. The van der Waals surface area contributed by atoms with E-state index in [0.717, 1.165) is 42.0 Å². The van der Waals surface area contributed by atoms with Gasteiger partial charge in [0.25, 0.3) is 5.91 Å². The highest BCUT2D eigenvalue weighted by Crippen LogP contribution is 2.22. The van der Waals surface area contributed by atoms with Gasteiger partial charge in [-0.1, -0.05) is 42.5 Å². The lowest BCUT2D eigenvalue weighted by Crippen LogP contribution is -2.28. The van der Waals surface area contributed by atoms with Gasteiger partial charge in [-0.3, -0.25) is 4.79 Å². The van der Waals surface area contributed by atoms with E-state index in [1.165, 1.54) is 5.56 Å². The lowest BCUT2D eigenvalue weighted by Gasteiger charge is -2.17. The Morgan fingerprint density at radius 3 is 2.45 bits per heavy atom. The number of fused-ring (bicyclic) bond motifs is 1. The van der Waals surface area contributed by atoms with Crippen LogP contribution < -0.4 is 10.1 Å². The third-order valence-corrected chi connectivity index (χ3v) is 5.46. The SMILES string of the molecule is COc1ccc(C(=O)NC(C)c2nc3ccccc3n2CCCc2ccccc2)cc1. The molecule has 0 spiro atoms. The van der Waals surface area contributed by atoms with Gasteiger partial charge in [0.1, 0.15) is 11.6 Å². The van der Waals surface area contributed by atoms with E-state index in [0.29, 0.717) is 5.56 Å². The summed E-state index contributed by atoms with van der Waals surface area (Å²) in [6, 6.07) is 25.5. The molecule has 1 N–H and O–H groups in total. The first kappa shape index (κ1) is 20.7. The molecule has 0 fully saturated rings. The summed E-state index contributed by atoms with van der Waals surface area (Å²) < 4.78 is 7.41. The second-order valence-electron chi connectivity index (χ2n) is 7.62. The van der Waals surface area contributed by atoms with E-state index < -0.39 is 0 Å². The number of para-hydroxylation sites is 2. The van der Waals surface area contributed by atoms with Gasteiger partial charge in [-0.2, -0.15) is 0 Å². The first-order valence-electron chi connectivity index (χ1n) is 10.6. The van der Waals surface area contributed by atoms with Gasteiger partial charge in [0.2, 0.25) is 0 Å². The van der Waals surface area contributed by atoms with Crippen LogP contribution in [0.25, 0.3) is 11.0 Å². The quantitative estimate of drug-likeness (QED) is 0.434. The Kier molecular flexibility index (Phi) is 6.32. The molecular weight excluding hydrogens is 386 g/mol. The van der Waals surface area contributed by atoms with Crippen molar-refractivity contribution in [2.24, 2.45) is 0 Å². The molecule has 0 radical (unpaired) electrons. The molecule has 1 atom stereocenters. The summed E-state index contributed by atoms with van der Waals surface area (Å²) in [6.45, 7) is 2.82. The number of amides is 1. The van der Waals surface area contributed by atoms with Crippen molar-refractivity contribution in [3.05, 3.63) is 95.8 Å². The Hall–Kier alpha value is -3.60. The van der Waals surface area contributed by atoms with Gasteiger partial charge in [0.15, 0.2) is 0 Å². The van der Waals surface area contributed by atoms with E-state index in [2.05, 4.69) is 40.2 Å². The van der Waals surface area contributed by atoms with Gasteiger partial charge in [-0.25, -0.2) is 4.98 Å². The zero-order valence-electron chi connectivity index (χ0n) is 17.9. The maximum absolute atomic E-state index is 12.8.